The summed E-state index contributed by atoms with van der Waals surface area (Å²) in [4.78, 5) is 15.4. The molecule has 0 fully saturated rings. The number of amides is 1. The number of alkyl halides is 3. The number of halogens is 3. The van der Waals surface area contributed by atoms with Gasteiger partial charge in [0.2, 0.25) is 0 Å². The van der Waals surface area contributed by atoms with Gasteiger partial charge in [-0.3, -0.25) is 4.79 Å². The zero-order valence-electron chi connectivity index (χ0n) is 15.8. The predicted molar refractivity (Wildman–Crippen MR) is 101 cm³/mol. The predicted octanol–water partition coefficient (Wildman–Crippen LogP) is 4.39. The Balaban J connectivity index is 1.39. The summed E-state index contributed by atoms with van der Waals surface area (Å²) in [6.45, 7) is -2.34. The molecule has 1 unspecified atom stereocenters. The Bertz CT molecular complexity index is 881. The third-order valence-electron chi connectivity index (χ3n) is 4.95. The number of hydrogen-bond acceptors (Lipinski definition) is 5. The van der Waals surface area contributed by atoms with Crippen molar-refractivity contribution in [2.45, 2.75) is 38.3 Å². The normalized spacial score (nSPS) is 21.0. The highest BCUT2D eigenvalue weighted by Crippen LogP contribution is 2.41. The third-order valence-corrected chi connectivity index (χ3v) is 5.78. The number of benzene rings is 1. The van der Waals surface area contributed by atoms with Crippen LogP contribution < -0.4 is 9.47 Å². The molecule has 5 nitrogen and oxygen atoms in total. The maximum Gasteiger partial charge on any atom is 0.412 e. The van der Waals surface area contributed by atoms with E-state index in [1.165, 1.54) is 11.8 Å². The minimum Gasteiger partial charge on any atom is -0.428 e. The molecule has 29 heavy (non-hydrogen) atoms. The summed E-state index contributed by atoms with van der Waals surface area (Å²) in [5, 5.41) is 0. The van der Waals surface area contributed by atoms with Crippen LogP contribution in [0.5, 0.6) is 11.5 Å². The van der Waals surface area contributed by atoms with E-state index in [-0.39, 0.29) is 5.91 Å². The molecule has 3 aliphatic rings. The van der Waals surface area contributed by atoms with Crippen molar-refractivity contribution in [2.24, 2.45) is 0 Å². The standard InChI is InChI=1S/C20H20F3NO4S/c1-29-17-13-4-2-3-5-14(13)24(18(17)25)9-8-12-6-7-15-16(10-12)28-19(27-15)26-11-20(21,22)23/h5-7,10,19H,2-4,8-9,11H2,1H3. The van der Waals surface area contributed by atoms with E-state index < -0.39 is 19.3 Å². The second-order valence-electron chi connectivity index (χ2n) is 6.93. The molecule has 0 radical (unpaired) electrons. The topological polar surface area (TPSA) is 48.0 Å². The highest BCUT2D eigenvalue weighted by atomic mass is 32.2. The second-order valence-corrected chi connectivity index (χ2v) is 7.75. The van der Waals surface area contributed by atoms with Crippen LogP contribution in [0.1, 0.15) is 24.8 Å². The second kappa shape index (κ2) is 7.95. The van der Waals surface area contributed by atoms with E-state index in [0.717, 1.165) is 41.0 Å². The van der Waals surface area contributed by atoms with Crippen molar-refractivity contribution in [3.63, 3.8) is 0 Å². The van der Waals surface area contributed by atoms with Gasteiger partial charge in [-0.15, -0.1) is 11.8 Å². The van der Waals surface area contributed by atoms with Crippen LogP contribution in [0.15, 0.2) is 40.5 Å². The minimum atomic E-state index is -4.45. The maximum absolute atomic E-state index is 12.8. The Hall–Kier alpha value is -2.13. The molecule has 4 rings (SSSR count). The molecule has 0 N–H and O–H groups in total. The molecule has 9 heteroatoms. The lowest BCUT2D eigenvalue weighted by atomic mass is 9.99. The largest absolute Gasteiger partial charge is 0.428 e. The van der Waals surface area contributed by atoms with Gasteiger partial charge >= 0.3 is 12.7 Å². The van der Waals surface area contributed by atoms with Gasteiger partial charge < -0.3 is 19.1 Å². The molecule has 1 atom stereocenters. The number of thioether (sulfide) groups is 1. The monoisotopic (exact) mass is 427 g/mol. The average Bonchev–Trinajstić information content (AvgIpc) is 3.21. The lowest BCUT2D eigenvalue weighted by molar-refractivity contribution is -0.248. The molecular weight excluding hydrogens is 407 g/mol. The van der Waals surface area contributed by atoms with Crippen molar-refractivity contribution in [3.8, 4) is 11.5 Å². The number of allylic oxidation sites excluding steroid dienone is 2. The van der Waals surface area contributed by atoms with Gasteiger partial charge in [0.25, 0.3) is 5.91 Å². The van der Waals surface area contributed by atoms with Gasteiger partial charge in [0.1, 0.15) is 0 Å². The van der Waals surface area contributed by atoms with Crippen molar-refractivity contribution in [1.29, 1.82) is 0 Å². The van der Waals surface area contributed by atoms with E-state index in [1.807, 2.05) is 17.2 Å². The number of ether oxygens (including phenoxy) is 3. The molecule has 1 aromatic rings. The number of rotatable bonds is 6. The number of hydrogen-bond donors (Lipinski definition) is 0. The molecule has 0 aromatic heterocycles. The molecule has 0 spiro atoms. The minimum absolute atomic E-state index is 0.0435. The number of carbonyl (C=O) groups is 1. The number of nitrogens with zero attached hydrogens (tertiary/aromatic N) is 1. The number of fused-ring (bicyclic) bond motifs is 2. The fraction of sp³-hybridized carbons (Fsp3) is 0.450. The van der Waals surface area contributed by atoms with Gasteiger partial charge in [0.15, 0.2) is 18.1 Å². The van der Waals surface area contributed by atoms with Crippen LogP contribution in [0.25, 0.3) is 0 Å². The maximum atomic E-state index is 12.8. The Labute approximate surface area is 170 Å². The van der Waals surface area contributed by atoms with Crippen LogP contribution in [0.3, 0.4) is 0 Å². The van der Waals surface area contributed by atoms with Gasteiger partial charge in [-0.1, -0.05) is 12.1 Å². The fourth-order valence-corrected chi connectivity index (χ4v) is 4.40. The van der Waals surface area contributed by atoms with E-state index in [0.29, 0.717) is 24.5 Å². The van der Waals surface area contributed by atoms with Crippen LogP contribution in [0.2, 0.25) is 0 Å². The Morgan fingerprint density at radius 3 is 2.83 bits per heavy atom. The van der Waals surface area contributed by atoms with Crippen molar-refractivity contribution in [2.75, 3.05) is 19.4 Å². The quantitative estimate of drug-likeness (QED) is 0.674. The molecule has 0 saturated carbocycles. The van der Waals surface area contributed by atoms with Gasteiger partial charge in [-0.25, -0.2) is 0 Å². The molecule has 0 saturated heterocycles. The Kier molecular flexibility index (Phi) is 5.52. The highest BCUT2D eigenvalue weighted by molar-refractivity contribution is 8.03. The first-order valence-corrected chi connectivity index (χ1v) is 10.5. The van der Waals surface area contributed by atoms with Gasteiger partial charge in [-0.2, -0.15) is 13.2 Å². The molecule has 1 aliphatic carbocycles. The molecule has 2 heterocycles. The van der Waals surface area contributed by atoms with Crippen LogP contribution >= 0.6 is 11.8 Å². The first kappa shape index (κ1) is 20.2. The summed E-state index contributed by atoms with van der Waals surface area (Å²) in [5.41, 5.74) is 3.06. The third kappa shape index (κ3) is 4.25. The van der Waals surface area contributed by atoms with E-state index in [4.69, 9.17) is 9.47 Å². The number of carbonyl (C=O) groups excluding carboxylic acids is 1. The zero-order valence-corrected chi connectivity index (χ0v) is 16.6. The van der Waals surface area contributed by atoms with Gasteiger partial charge in [-0.05, 0) is 55.2 Å². The van der Waals surface area contributed by atoms with Crippen LogP contribution in [-0.4, -0.2) is 42.9 Å². The van der Waals surface area contributed by atoms with Crippen LogP contribution in [0, 0.1) is 0 Å². The van der Waals surface area contributed by atoms with E-state index in [9.17, 15) is 18.0 Å². The average molecular weight is 427 g/mol. The van der Waals surface area contributed by atoms with Crippen LogP contribution in [0.4, 0.5) is 13.2 Å². The van der Waals surface area contributed by atoms with Crippen molar-refractivity contribution in [3.05, 3.63) is 46.0 Å². The molecule has 0 bridgehead atoms. The van der Waals surface area contributed by atoms with Crippen LogP contribution in [-0.2, 0) is 16.0 Å². The van der Waals surface area contributed by atoms with Crippen molar-refractivity contribution >= 4 is 17.7 Å². The van der Waals surface area contributed by atoms with E-state index >= 15 is 0 Å². The summed E-state index contributed by atoms with van der Waals surface area (Å²) < 4.78 is 51.9. The Morgan fingerprint density at radius 2 is 2.07 bits per heavy atom. The molecular formula is C20H20F3NO4S. The lowest BCUT2D eigenvalue weighted by Crippen LogP contribution is -2.28. The zero-order chi connectivity index (χ0) is 20.6. The van der Waals surface area contributed by atoms with E-state index in [2.05, 4.69) is 10.8 Å². The molecule has 1 aromatic carbocycles. The first-order valence-electron chi connectivity index (χ1n) is 9.30. The highest BCUT2D eigenvalue weighted by Gasteiger charge is 2.35. The summed E-state index contributed by atoms with van der Waals surface area (Å²) in [6.07, 6.45) is 3.13. The first-order chi connectivity index (χ1) is 13.9. The summed E-state index contributed by atoms with van der Waals surface area (Å²) >= 11 is 1.49. The molecule has 2 aliphatic heterocycles. The smallest absolute Gasteiger partial charge is 0.412 e. The van der Waals surface area contributed by atoms with Gasteiger partial charge in [0.05, 0.1) is 4.91 Å². The fourth-order valence-electron chi connectivity index (χ4n) is 3.67. The summed E-state index contributed by atoms with van der Waals surface area (Å²) in [7, 11) is 0. The SMILES string of the molecule is CSC1=C2CCCC=C2N(CCc2ccc3c(c2)OC(OCC(F)(F)F)O3)C1=O. The summed E-state index contributed by atoms with van der Waals surface area (Å²) in [5.74, 6) is 0.715. The van der Waals surface area contributed by atoms with Crippen molar-refractivity contribution in [1.82, 2.24) is 4.90 Å². The molecule has 156 valence electrons. The van der Waals surface area contributed by atoms with Gasteiger partial charge in [0, 0.05) is 12.2 Å². The van der Waals surface area contributed by atoms with E-state index in [1.54, 1.807) is 12.1 Å². The van der Waals surface area contributed by atoms with Crippen molar-refractivity contribution < 1.29 is 32.2 Å². The lowest BCUT2D eigenvalue weighted by Gasteiger charge is -2.22. The summed E-state index contributed by atoms with van der Waals surface area (Å²) in [6, 6.07) is 5.17. The molecule has 1 amide bonds. The Morgan fingerprint density at radius 1 is 1.28 bits per heavy atom.